The van der Waals surface area contributed by atoms with E-state index in [-0.39, 0.29) is 0 Å². The molecule has 0 spiro atoms. The second kappa shape index (κ2) is 7.64. The van der Waals surface area contributed by atoms with Crippen LogP contribution in [0.15, 0.2) is 12.4 Å². The minimum Gasteiger partial charge on any atom is -0.356 e. The van der Waals surface area contributed by atoms with Crippen molar-refractivity contribution in [3.63, 3.8) is 0 Å². The fourth-order valence-corrected chi connectivity index (χ4v) is 2.07. The molecule has 0 amide bonds. The highest BCUT2D eigenvalue weighted by atomic mass is 79.9. The first-order valence-corrected chi connectivity index (χ1v) is 7.44. The summed E-state index contributed by atoms with van der Waals surface area (Å²) in [6, 6.07) is 2.11. The Kier molecular flexibility index (Phi) is 6.48. The van der Waals surface area contributed by atoms with Crippen LogP contribution in [-0.2, 0) is 0 Å². The molecule has 0 saturated heterocycles. The Bertz CT molecular complexity index is 328. The second-order valence-corrected chi connectivity index (χ2v) is 5.28. The first-order chi connectivity index (χ1) is 8.19. The van der Waals surface area contributed by atoms with Gasteiger partial charge >= 0.3 is 0 Å². The number of alkyl halides is 1. The fourth-order valence-electron chi connectivity index (χ4n) is 1.64. The minimum atomic E-state index is 0.453. The van der Waals surface area contributed by atoms with E-state index in [1.165, 1.54) is 12.8 Å². The molecule has 0 radical (unpaired) electrons. The fraction of sp³-hybridized carbons (Fsp3) is 0.692. The van der Waals surface area contributed by atoms with Crippen molar-refractivity contribution >= 4 is 21.7 Å². The lowest BCUT2D eigenvalue weighted by Gasteiger charge is -2.23. The molecule has 1 rings (SSSR count). The van der Waals surface area contributed by atoms with Crippen LogP contribution in [0.3, 0.4) is 0 Å². The van der Waals surface area contributed by atoms with Crippen LogP contribution in [0, 0.1) is 0 Å². The summed E-state index contributed by atoms with van der Waals surface area (Å²) in [5, 5.41) is 0.970. The molecule has 96 valence electrons. The summed E-state index contributed by atoms with van der Waals surface area (Å²) in [6.45, 7) is 8.59. The van der Waals surface area contributed by atoms with Crippen molar-refractivity contribution < 1.29 is 0 Å². The maximum absolute atomic E-state index is 4.39. The molecule has 0 atom stereocenters. The maximum atomic E-state index is 4.39. The monoisotopic (exact) mass is 299 g/mol. The van der Waals surface area contributed by atoms with E-state index in [4.69, 9.17) is 0 Å². The highest BCUT2D eigenvalue weighted by molar-refractivity contribution is 9.09. The largest absolute Gasteiger partial charge is 0.356 e. The minimum absolute atomic E-state index is 0.453. The van der Waals surface area contributed by atoms with Gasteiger partial charge in [0.1, 0.15) is 12.1 Å². The molecule has 1 aromatic rings. The SMILES string of the molecule is CCCCN(CCBr)c1cc(C(C)C)ncn1. The van der Waals surface area contributed by atoms with E-state index in [0.29, 0.717) is 5.92 Å². The van der Waals surface area contributed by atoms with Gasteiger partial charge in [0, 0.05) is 30.2 Å². The Labute approximate surface area is 113 Å². The lowest BCUT2D eigenvalue weighted by Crippen LogP contribution is -2.27. The molecule has 0 N–H and O–H groups in total. The Morgan fingerprint density at radius 2 is 2.06 bits per heavy atom. The molecular weight excluding hydrogens is 278 g/mol. The smallest absolute Gasteiger partial charge is 0.132 e. The average Bonchev–Trinajstić information content (AvgIpc) is 2.34. The molecule has 0 aliphatic rings. The number of aromatic nitrogens is 2. The number of anilines is 1. The lowest BCUT2D eigenvalue weighted by molar-refractivity contribution is 0.721. The molecular formula is C13H22BrN3. The first kappa shape index (κ1) is 14.4. The van der Waals surface area contributed by atoms with Crippen molar-refractivity contribution in [2.45, 2.75) is 39.5 Å². The number of halogens is 1. The molecule has 1 aromatic heterocycles. The topological polar surface area (TPSA) is 29.0 Å². The zero-order valence-corrected chi connectivity index (χ0v) is 12.6. The number of unbranched alkanes of at least 4 members (excludes halogenated alkanes) is 1. The summed E-state index contributed by atoms with van der Waals surface area (Å²) in [5.41, 5.74) is 1.12. The van der Waals surface area contributed by atoms with Crippen molar-refractivity contribution in [3.8, 4) is 0 Å². The van der Waals surface area contributed by atoms with Crippen molar-refractivity contribution in [1.29, 1.82) is 0 Å². The predicted octanol–water partition coefficient (Wildman–Crippen LogP) is 3.60. The summed E-state index contributed by atoms with van der Waals surface area (Å²) in [6.07, 6.45) is 4.09. The molecule has 0 saturated carbocycles. The average molecular weight is 300 g/mol. The third-order valence-corrected chi connectivity index (χ3v) is 3.08. The van der Waals surface area contributed by atoms with E-state index in [2.05, 4.69) is 57.6 Å². The molecule has 0 aromatic carbocycles. The molecule has 0 fully saturated rings. The molecule has 1 heterocycles. The van der Waals surface area contributed by atoms with Gasteiger partial charge in [0.2, 0.25) is 0 Å². The summed E-state index contributed by atoms with van der Waals surface area (Å²) in [4.78, 5) is 11.0. The lowest BCUT2D eigenvalue weighted by atomic mass is 10.1. The maximum Gasteiger partial charge on any atom is 0.132 e. The highest BCUT2D eigenvalue weighted by Crippen LogP contribution is 2.17. The molecule has 4 heteroatoms. The van der Waals surface area contributed by atoms with E-state index in [1.807, 2.05) is 0 Å². The van der Waals surface area contributed by atoms with E-state index in [0.717, 1.165) is 29.9 Å². The summed E-state index contributed by atoms with van der Waals surface area (Å²) in [7, 11) is 0. The predicted molar refractivity (Wildman–Crippen MR) is 77.0 cm³/mol. The molecule has 3 nitrogen and oxygen atoms in total. The zero-order chi connectivity index (χ0) is 12.7. The summed E-state index contributed by atoms with van der Waals surface area (Å²) in [5.74, 6) is 1.50. The second-order valence-electron chi connectivity index (χ2n) is 4.49. The van der Waals surface area contributed by atoms with Crippen LogP contribution in [-0.4, -0.2) is 28.4 Å². The Morgan fingerprint density at radius 1 is 1.29 bits per heavy atom. The van der Waals surface area contributed by atoms with Crippen LogP contribution >= 0.6 is 15.9 Å². The first-order valence-electron chi connectivity index (χ1n) is 6.31. The van der Waals surface area contributed by atoms with Crippen LogP contribution in [0.1, 0.15) is 45.2 Å². The molecule has 17 heavy (non-hydrogen) atoms. The van der Waals surface area contributed by atoms with E-state index in [1.54, 1.807) is 6.33 Å². The van der Waals surface area contributed by atoms with Gasteiger partial charge in [-0.05, 0) is 12.3 Å². The summed E-state index contributed by atoms with van der Waals surface area (Å²) < 4.78 is 0. The Morgan fingerprint density at radius 3 is 2.65 bits per heavy atom. The standard InChI is InChI=1S/C13H22BrN3/c1-4-5-7-17(8-6-14)13-9-12(11(2)3)15-10-16-13/h9-11H,4-8H2,1-3H3. The van der Waals surface area contributed by atoms with Gasteiger partial charge in [0.25, 0.3) is 0 Å². The van der Waals surface area contributed by atoms with Crippen molar-refractivity contribution in [2.75, 3.05) is 23.3 Å². The number of hydrogen-bond acceptors (Lipinski definition) is 3. The van der Waals surface area contributed by atoms with Gasteiger partial charge in [0.05, 0.1) is 0 Å². The van der Waals surface area contributed by atoms with Gasteiger partial charge in [-0.15, -0.1) is 0 Å². The van der Waals surface area contributed by atoms with E-state index < -0.39 is 0 Å². The third-order valence-electron chi connectivity index (χ3n) is 2.73. The van der Waals surface area contributed by atoms with Crippen LogP contribution in [0.25, 0.3) is 0 Å². The molecule has 0 bridgehead atoms. The van der Waals surface area contributed by atoms with Crippen LogP contribution < -0.4 is 4.90 Å². The van der Waals surface area contributed by atoms with Crippen molar-refractivity contribution in [1.82, 2.24) is 9.97 Å². The normalized spacial score (nSPS) is 10.9. The zero-order valence-electron chi connectivity index (χ0n) is 11.0. The third kappa shape index (κ3) is 4.62. The molecule has 0 unspecified atom stereocenters. The van der Waals surface area contributed by atoms with Crippen LogP contribution in [0.2, 0.25) is 0 Å². The number of nitrogens with zero attached hydrogens (tertiary/aromatic N) is 3. The van der Waals surface area contributed by atoms with Crippen LogP contribution in [0.4, 0.5) is 5.82 Å². The quantitative estimate of drug-likeness (QED) is 0.720. The highest BCUT2D eigenvalue weighted by Gasteiger charge is 2.09. The van der Waals surface area contributed by atoms with E-state index in [9.17, 15) is 0 Å². The van der Waals surface area contributed by atoms with Gasteiger partial charge in [0.15, 0.2) is 0 Å². The number of hydrogen-bond donors (Lipinski definition) is 0. The van der Waals surface area contributed by atoms with Gasteiger partial charge < -0.3 is 4.90 Å². The Hall–Kier alpha value is -0.640. The van der Waals surface area contributed by atoms with E-state index >= 15 is 0 Å². The number of rotatable bonds is 7. The van der Waals surface area contributed by atoms with Crippen molar-refractivity contribution in [3.05, 3.63) is 18.1 Å². The Balaban J connectivity index is 2.81. The van der Waals surface area contributed by atoms with Gasteiger partial charge in [-0.2, -0.15) is 0 Å². The van der Waals surface area contributed by atoms with Crippen molar-refractivity contribution in [2.24, 2.45) is 0 Å². The molecule has 0 aliphatic heterocycles. The van der Waals surface area contributed by atoms with Crippen LogP contribution in [0.5, 0.6) is 0 Å². The van der Waals surface area contributed by atoms with Gasteiger partial charge in [-0.1, -0.05) is 43.1 Å². The van der Waals surface area contributed by atoms with Gasteiger partial charge in [-0.3, -0.25) is 0 Å². The summed E-state index contributed by atoms with van der Waals surface area (Å²) >= 11 is 3.50. The van der Waals surface area contributed by atoms with Gasteiger partial charge in [-0.25, -0.2) is 9.97 Å². The molecule has 0 aliphatic carbocycles.